The predicted molar refractivity (Wildman–Crippen MR) is 79.8 cm³/mol. The first kappa shape index (κ1) is 15.9. The van der Waals surface area contributed by atoms with E-state index < -0.39 is 20.7 Å². The fourth-order valence-corrected chi connectivity index (χ4v) is 3.34. The van der Waals surface area contributed by atoms with E-state index in [-0.39, 0.29) is 12.4 Å². The van der Waals surface area contributed by atoms with Gasteiger partial charge in [0.25, 0.3) is 10.0 Å². The average Bonchev–Trinajstić information content (AvgIpc) is 2.42. The first-order chi connectivity index (χ1) is 9.83. The zero-order valence-electron chi connectivity index (χ0n) is 11.0. The Labute approximate surface area is 130 Å². The molecule has 1 heterocycles. The number of nitrogens with zero attached hydrogens (tertiary/aromatic N) is 1. The Kier molecular flexibility index (Phi) is 4.60. The molecule has 1 aromatic heterocycles. The minimum atomic E-state index is -4.13. The zero-order chi connectivity index (χ0) is 15.6. The molecule has 0 aliphatic heterocycles. The number of aliphatic hydroxyl groups is 1. The molecule has 2 N–H and O–H groups in total. The Bertz CT molecular complexity index is 781. The number of sulfonamides is 1. The number of aliphatic hydroxyl groups excluding tert-OH is 1. The van der Waals surface area contributed by atoms with Gasteiger partial charge in [0, 0.05) is 10.7 Å². The Balaban J connectivity index is 2.43. The summed E-state index contributed by atoms with van der Waals surface area (Å²) in [5.41, 5.74) is 0.893. The third-order valence-electron chi connectivity index (χ3n) is 2.74. The third kappa shape index (κ3) is 3.58. The van der Waals surface area contributed by atoms with E-state index in [9.17, 15) is 12.8 Å². The number of anilines is 1. The Morgan fingerprint density at radius 3 is 2.71 bits per heavy atom. The molecule has 21 heavy (non-hydrogen) atoms. The van der Waals surface area contributed by atoms with Gasteiger partial charge in [-0.1, -0.05) is 6.07 Å². The lowest BCUT2D eigenvalue weighted by Crippen LogP contribution is -2.16. The lowest BCUT2D eigenvalue weighted by Gasteiger charge is -2.11. The summed E-state index contributed by atoms with van der Waals surface area (Å²) in [5, 5.41) is 9.03. The van der Waals surface area contributed by atoms with Gasteiger partial charge in [-0.2, -0.15) is 0 Å². The Morgan fingerprint density at radius 2 is 2.10 bits per heavy atom. The van der Waals surface area contributed by atoms with Gasteiger partial charge in [-0.3, -0.25) is 4.72 Å². The van der Waals surface area contributed by atoms with Crippen LogP contribution in [0.15, 0.2) is 39.8 Å². The van der Waals surface area contributed by atoms with Gasteiger partial charge >= 0.3 is 0 Å². The quantitative estimate of drug-likeness (QED) is 0.861. The van der Waals surface area contributed by atoms with Crippen LogP contribution in [0.5, 0.6) is 0 Å². The zero-order valence-corrected chi connectivity index (χ0v) is 13.4. The number of halogens is 2. The Hall–Kier alpha value is -1.51. The van der Waals surface area contributed by atoms with Gasteiger partial charge in [-0.25, -0.2) is 17.8 Å². The molecular weight excluding hydrogens is 363 g/mol. The van der Waals surface area contributed by atoms with Crippen molar-refractivity contribution in [3.05, 3.63) is 51.9 Å². The summed E-state index contributed by atoms with van der Waals surface area (Å²) in [7, 11) is -4.13. The minimum absolute atomic E-state index is 0.118. The predicted octanol–water partition coefficient (Wildman–Crippen LogP) is 2.58. The molecule has 112 valence electrons. The van der Waals surface area contributed by atoms with Gasteiger partial charge in [0.2, 0.25) is 0 Å². The molecule has 0 radical (unpaired) electrons. The highest BCUT2D eigenvalue weighted by Crippen LogP contribution is 2.22. The molecule has 8 heteroatoms. The van der Waals surface area contributed by atoms with Crippen LogP contribution in [0.2, 0.25) is 0 Å². The lowest BCUT2D eigenvalue weighted by atomic mass is 10.2. The summed E-state index contributed by atoms with van der Waals surface area (Å²) < 4.78 is 41.2. The smallest absolute Gasteiger partial charge is 0.265 e. The summed E-state index contributed by atoms with van der Waals surface area (Å²) >= 11 is 3.22. The van der Waals surface area contributed by atoms with Crippen molar-refractivity contribution in [1.82, 2.24) is 4.98 Å². The molecule has 0 spiro atoms. The minimum Gasteiger partial charge on any atom is -0.392 e. The molecule has 0 atom stereocenters. The number of pyridine rings is 1. The highest BCUT2D eigenvalue weighted by atomic mass is 79.9. The number of nitrogens with one attached hydrogen (secondary N) is 1. The third-order valence-corrected chi connectivity index (χ3v) is 4.53. The number of aryl methyl sites for hydroxylation is 1. The van der Waals surface area contributed by atoms with Crippen molar-refractivity contribution in [3.8, 4) is 0 Å². The van der Waals surface area contributed by atoms with Crippen molar-refractivity contribution in [2.75, 3.05) is 4.72 Å². The molecule has 0 saturated carbocycles. The summed E-state index contributed by atoms with van der Waals surface area (Å²) in [6.07, 6.45) is 1.44. The second-order valence-electron chi connectivity index (χ2n) is 4.35. The SMILES string of the molecule is Cc1cc(Br)cnc1NS(=O)(=O)c1cc(CO)ccc1F. The number of benzene rings is 1. The van der Waals surface area contributed by atoms with Crippen LogP contribution in [0.25, 0.3) is 0 Å². The van der Waals surface area contributed by atoms with Gasteiger partial charge in [0.05, 0.1) is 6.61 Å². The van der Waals surface area contributed by atoms with Crippen LogP contribution in [-0.4, -0.2) is 18.5 Å². The summed E-state index contributed by atoms with van der Waals surface area (Å²) in [6, 6.07) is 5.09. The highest BCUT2D eigenvalue weighted by molar-refractivity contribution is 9.10. The monoisotopic (exact) mass is 374 g/mol. The second-order valence-corrected chi connectivity index (χ2v) is 6.91. The Morgan fingerprint density at radius 1 is 1.38 bits per heavy atom. The van der Waals surface area contributed by atoms with Crippen molar-refractivity contribution >= 4 is 31.8 Å². The van der Waals surface area contributed by atoms with Crippen molar-refractivity contribution in [1.29, 1.82) is 0 Å². The molecule has 0 fully saturated rings. The van der Waals surface area contributed by atoms with Gasteiger partial charge in [0.1, 0.15) is 16.5 Å². The standard InChI is InChI=1S/C13H12BrFN2O3S/c1-8-4-10(14)6-16-13(8)17-21(19,20)12-5-9(7-18)2-3-11(12)15/h2-6,18H,7H2,1H3,(H,16,17). The average molecular weight is 375 g/mol. The summed E-state index contributed by atoms with van der Waals surface area (Å²) in [5.74, 6) is -0.776. The normalized spacial score (nSPS) is 11.4. The van der Waals surface area contributed by atoms with Crippen molar-refractivity contribution in [3.63, 3.8) is 0 Å². The van der Waals surface area contributed by atoms with Crippen LogP contribution < -0.4 is 4.72 Å². The van der Waals surface area contributed by atoms with Crippen LogP contribution in [-0.2, 0) is 16.6 Å². The van der Waals surface area contributed by atoms with E-state index in [4.69, 9.17) is 5.11 Å². The van der Waals surface area contributed by atoms with Crippen LogP contribution in [0, 0.1) is 12.7 Å². The molecule has 2 aromatic rings. The van der Waals surface area contributed by atoms with Crippen molar-refractivity contribution in [2.24, 2.45) is 0 Å². The van der Waals surface area contributed by atoms with E-state index in [1.54, 1.807) is 13.0 Å². The molecule has 0 saturated heterocycles. The van der Waals surface area contributed by atoms with E-state index in [0.717, 1.165) is 12.1 Å². The van der Waals surface area contributed by atoms with Gasteiger partial charge < -0.3 is 5.11 Å². The molecule has 0 amide bonds. The molecule has 5 nitrogen and oxygen atoms in total. The van der Waals surface area contributed by atoms with Crippen LogP contribution in [0.3, 0.4) is 0 Å². The first-order valence-electron chi connectivity index (χ1n) is 5.88. The molecule has 0 aliphatic rings. The van der Waals surface area contributed by atoms with E-state index >= 15 is 0 Å². The van der Waals surface area contributed by atoms with Crippen LogP contribution >= 0.6 is 15.9 Å². The molecule has 0 aliphatic carbocycles. The van der Waals surface area contributed by atoms with Gasteiger partial charge in [-0.15, -0.1) is 0 Å². The van der Waals surface area contributed by atoms with E-state index in [2.05, 4.69) is 25.6 Å². The summed E-state index contributed by atoms with van der Waals surface area (Å²) in [4.78, 5) is 3.42. The number of rotatable bonds is 4. The van der Waals surface area contributed by atoms with Crippen LogP contribution in [0.1, 0.15) is 11.1 Å². The molecular formula is C13H12BrFN2O3S. The molecule has 2 rings (SSSR count). The molecule has 0 bridgehead atoms. The molecule has 0 unspecified atom stereocenters. The van der Waals surface area contributed by atoms with Gasteiger partial charge in [0.15, 0.2) is 0 Å². The second kappa shape index (κ2) is 6.08. The largest absolute Gasteiger partial charge is 0.392 e. The first-order valence-corrected chi connectivity index (χ1v) is 8.15. The van der Waals surface area contributed by atoms with E-state index in [0.29, 0.717) is 15.6 Å². The van der Waals surface area contributed by atoms with Gasteiger partial charge in [-0.05, 0) is 52.2 Å². The van der Waals surface area contributed by atoms with Crippen molar-refractivity contribution < 1.29 is 17.9 Å². The fraction of sp³-hybridized carbons (Fsp3) is 0.154. The van der Waals surface area contributed by atoms with Crippen molar-refractivity contribution in [2.45, 2.75) is 18.4 Å². The number of aromatic nitrogens is 1. The number of hydrogen-bond acceptors (Lipinski definition) is 4. The highest BCUT2D eigenvalue weighted by Gasteiger charge is 2.21. The number of hydrogen-bond donors (Lipinski definition) is 2. The maximum absolute atomic E-state index is 13.7. The fourth-order valence-electron chi connectivity index (χ4n) is 1.68. The van der Waals surface area contributed by atoms with Crippen LogP contribution in [0.4, 0.5) is 10.2 Å². The molecule has 1 aromatic carbocycles. The van der Waals surface area contributed by atoms with E-state index in [1.165, 1.54) is 12.3 Å². The summed E-state index contributed by atoms with van der Waals surface area (Å²) in [6.45, 7) is 1.30. The lowest BCUT2D eigenvalue weighted by molar-refractivity contribution is 0.281. The topological polar surface area (TPSA) is 79.3 Å². The maximum atomic E-state index is 13.7. The van der Waals surface area contributed by atoms with E-state index in [1.807, 2.05) is 0 Å². The maximum Gasteiger partial charge on any atom is 0.265 e.